The van der Waals surface area contributed by atoms with Crippen LogP contribution in [-0.2, 0) is 0 Å². The molecule has 2 N–H and O–H groups in total. The molecule has 0 aliphatic rings. The molecule has 0 atom stereocenters. The highest BCUT2D eigenvalue weighted by Gasteiger charge is 2.11. The van der Waals surface area contributed by atoms with Crippen LogP contribution in [0.3, 0.4) is 0 Å². The molecule has 6 heteroatoms. The molecule has 2 aromatic carbocycles. The zero-order valence-corrected chi connectivity index (χ0v) is 13.0. The minimum atomic E-state index is -1.21. The van der Waals surface area contributed by atoms with Crippen LogP contribution in [0, 0.1) is 24.4 Å². The maximum absolute atomic E-state index is 13.6. The molecule has 0 unspecified atom stereocenters. The lowest BCUT2D eigenvalue weighted by atomic mass is 10.1. The van der Waals surface area contributed by atoms with Crippen molar-refractivity contribution in [2.45, 2.75) is 11.8 Å². The van der Waals surface area contributed by atoms with E-state index in [-0.39, 0.29) is 5.69 Å². The Bertz CT molecular complexity index is 846. The standard InChI is InChI=1S/C17H13F3N2S/c1-10-4-2-3-5-12(10)16-6-11(9-21-16)23-22-17-8-14(19)13(18)7-15(17)20/h2-9,21-22H,1H3. The Balaban J connectivity index is 1.76. The molecule has 0 saturated heterocycles. The lowest BCUT2D eigenvalue weighted by Gasteiger charge is -2.06. The molecule has 0 spiro atoms. The van der Waals surface area contributed by atoms with Crippen LogP contribution in [-0.4, -0.2) is 4.98 Å². The molecule has 23 heavy (non-hydrogen) atoms. The summed E-state index contributed by atoms with van der Waals surface area (Å²) in [4.78, 5) is 3.94. The Morgan fingerprint density at radius 2 is 1.70 bits per heavy atom. The molecule has 3 rings (SSSR count). The van der Waals surface area contributed by atoms with Gasteiger partial charge in [-0.25, -0.2) is 13.2 Å². The first-order valence-electron chi connectivity index (χ1n) is 6.86. The van der Waals surface area contributed by atoms with Crippen molar-refractivity contribution in [1.82, 2.24) is 4.98 Å². The lowest BCUT2D eigenvalue weighted by Crippen LogP contribution is -1.94. The van der Waals surface area contributed by atoms with Crippen molar-refractivity contribution in [2.75, 3.05) is 4.72 Å². The Morgan fingerprint density at radius 3 is 2.48 bits per heavy atom. The number of benzene rings is 2. The third-order valence-electron chi connectivity index (χ3n) is 3.38. The number of aromatic amines is 1. The summed E-state index contributed by atoms with van der Waals surface area (Å²) in [7, 11) is 0. The van der Waals surface area contributed by atoms with Crippen molar-refractivity contribution in [3.05, 3.63) is 71.7 Å². The van der Waals surface area contributed by atoms with Crippen LogP contribution in [0.4, 0.5) is 18.9 Å². The maximum atomic E-state index is 13.6. The number of anilines is 1. The van der Waals surface area contributed by atoms with Crippen LogP contribution in [0.15, 0.2) is 53.6 Å². The van der Waals surface area contributed by atoms with Gasteiger partial charge >= 0.3 is 0 Å². The van der Waals surface area contributed by atoms with E-state index < -0.39 is 17.5 Å². The molecule has 0 fully saturated rings. The highest BCUT2D eigenvalue weighted by Crippen LogP contribution is 2.29. The summed E-state index contributed by atoms with van der Waals surface area (Å²) in [5, 5.41) is 0. The molecule has 0 radical (unpaired) electrons. The van der Waals surface area contributed by atoms with E-state index >= 15 is 0 Å². The van der Waals surface area contributed by atoms with Gasteiger partial charge in [-0.2, -0.15) is 0 Å². The summed E-state index contributed by atoms with van der Waals surface area (Å²) in [6, 6.07) is 11.1. The number of halogens is 3. The van der Waals surface area contributed by atoms with E-state index in [0.29, 0.717) is 6.07 Å². The third kappa shape index (κ3) is 3.37. The smallest absolute Gasteiger partial charge is 0.161 e. The fourth-order valence-electron chi connectivity index (χ4n) is 2.18. The van der Waals surface area contributed by atoms with Crippen LogP contribution >= 0.6 is 11.9 Å². The first kappa shape index (κ1) is 15.6. The van der Waals surface area contributed by atoms with Gasteiger partial charge in [-0.05, 0) is 30.5 Å². The number of hydrogen-bond acceptors (Lipinski definition) is 2. The Hall–Kier alpha value is -2.34. The van der Waals surface area contributed by atoms with Crippen molar-refractivity contribution in [2.24, 2.45) is 0 Å². The molecule has 118 valence electrons. The fraction of sp³-hybridized carbons (Fsp3) is 0.0588. The maximum Gasteiger partial charge on any atom is 0.161 e. The van der Waals surface area contributed by atoms with E-state index in [9.17, 15) is 13.2 Å². The number of aromatic nitrogens is 1. The van der Waals surface area contributed by atoms with Gasteiger partial charge in [0, 0.05) is 34.5 Å². The van der Waals surface area contributed by atoms with Crippen molar-refractivity contribution >= 4 is 17.6 Å². The van der Waals surface area contributed by atoms with Gasteiger partial charge in [-0.15, -0.1) is 0 Å². The Labute approximate surface area is 135 Å². The van der Waals surface area contributed by atoms with Crippen LogP contribution in [0.2, 0.25) is 0 Å². The van der Waals surface area contributed by atoms with E-state index in [4.69, 9.17) is 0 Å². The predicted molar refractivity (Wildman–Crippen MR) is 86.8 cm³/mol. The zero-order chi connectivity index (χ0) is 16.4. The molecule has 2 nitrogen and oxygen atoms in total. The Kier molecular flexibility index (Phi) is 4.34. The van der Waals surface area contributed by atoms with Gasteiger partial charge in [0.2, 0.25) is 0 Å². The van der Waals surface area contributed by atoms with Gasteiger partial charge in [0.25, 0.3) is 0 Å². The highest BCUT2D eigenvalue weighted by atomic mass is 32.2. The van der Waals surface area contributed by atoms with E-state index in [2.05, 4.69) is 9.71 Å². The van der Waals surface area contributed by atoms with E-state index in [1.165, 1.54) is 0 Å². The average molecular weight is 334 g/mol. The molecular weight excluding hydrogens is 321 g/mol. The summed E-state index contributed by atoms with van der Waals surface area (Å²) in [5.41, 5.74) is 3.02. The normalized spacial score (nSPS) is 10.8. The summed E-state index contributed by atoms with van der Waals surface area (Å²) in [5.74, 6) is -3.14. The molecule has 0 amide bonds. The molecule has 1 heterocycles. The predicted octanol–water partition coefficient (Wildman–Crippen LogP) is 5.53. The second-order valence-corrected chi connectivity index (χ2v) is 5.89. The summed E-state index contributed by atoms with van der Waals surface area (Å²) in [6.07, 6.45) is 1.76. The van der Waals surface area contributed by atoms with Gasteiger partial charge in [0.15, 0.2) is 11.6 Å². The van der Waals surface area contributed by atoms with Crippen molar-refractivity contribution in [3.8, 4) is 11.3 Å². The average Bonchev–Trinajstić information content (AvgIpc) is 2.99. The first-order valence-corrected chi connectivity index (χ1v) is 7.68. The topological polar surface area (TPSA) is 27.8 Å². The minimum Gasteiger partial charge on any atom is -0.360 e. The van der Waals surface area contributed by atoms with Gasteiger partial charge in [0.1, 0.15) is 5.82 Å². The van der Waals surface area contributed by atoms with Crippen LogP contribution in [0.1, 0.15) is 5.56 Å². The van der Waals surface area contributed by atoms with E-state index in [1.807, 2.05) is 37.3 Å². The van der Waals surface area contributed by atoms with Gasteiger partial charge in [-0.3, -0.25) is 0 Å². The van der Waals surface area contributed by atoms with Crippen LogP contribution in [0.25, 0.3) is 11.3 Å². The molecule has 0 bridgehead atoms. The molecule has 0 aliphatic heterocycles. The summed E-state index contributed by atoms with van der Waals surface area (Å²) < 4.78 is 42.3. The SMILES string of the molecule is Cc1ccccc1-c1cc(SNc2cc(F)c(F)cc2F)c[nH]1. The highest BCUT2D eigenvalue weighted by molar-refractivity contribution is 8.00. The molecular formula is C17H13F3N2S. The second kappa shape index (κ2) is 6.42. The largest absolute Gasteiger partial charge is 0.360 e. The quantitative estimate of drug-likeness (QED) is 0.485. The molecule has 3 aromatic rings. The molecule has 0 aliphatic carbocycles. The summed E-state index contributed by atoms with van der Waals surface area (Å²) >= 11 is 1.11. The van der Waals surface area contributed by atoms with Crippen LogP contribution < -0.4 is 4.72 Å². The van der Waals surface area contributed by atoms with Gasteiger partial charge < -0.3 is 9.71 Å². The van der Waals surface area contributed by atoms with Crippen molar-refractivity contribution in [3.63, 3.8) is 0 Å². The van der Waals surface area contributed by atoms with Gasteiger partial charge in [-0.1, -0.05) is 24.3 Å². The van der Waals surface area contributed by atoms with Crippen molar-refractivity contribution in [1.29, 1.82) is 0 Å². The number of H-pyrrole nitrogens is 1. The number of rotatable bonds is 4. The third-order valence-corrected chi connectivity index (χ3v) is 4.17. The molecule has 1 aromatic heterocycles. The zero-order valence-electron chi connectivity index (χ0n) is 12.2. The van der Waals surface area contributed by atoms with E-state index in [1.54, 1.807) is 6.20 Å². The number of nitrogens with one attached hydrogen (secondary N) is 2. The van der Waals surface area contributed by atoms with Crippen molar-refractivity contribution < 1.29 is 13.2 Å². The molecule has 0 saturated carbocycles. The summed E-state index contributed by atoms with van der Waals surface area (Å²) in [6.45, 7) is 2.01. The number of aryl methyl sites for hydroxylation is 1. The Morgan fingerprint density at radius 1 is 0.957 bits per heavy atom. The van der Waals surface area contributed by atoms with E-state index in [0.717, 1.165) is 39.7 Å². The lowest BCUT2D eigenvalue weighted by molar-refractivity contribution is 0.496. The van der Waals surface area contributed by atoms with Crippen LogP contribution in [0.5, 0.6) is 0 Å². The minimum absolute atomic E-state index is 0.104. The number of hydrogen-bond donors (Lipinski definition) is 2. The first-order chi connectivity index (χ1) is 11.0. The second-order valence-electron chi connectivity index (χ2n) is 5.01. The van der Waals surface area contributed by atoms with Gasteiger partial charge in [0.05, 0.1) is 5.69 Å². The monoisotopic (exact) mass is 334 g/mol. The fourth-order valence-corrected chi connectivity index (χ4v) is 2.86.